The second-order valence-corrected chi connectivity index (χ2v) is 3.99. The smallest absolute Gasteiger partial charge is 0.0784 e. The highest BCUT2D eigenvalue weighted by molar-refractivity contribution is 7.80. The Balaban J connectivity index is 3.54. The van der Waals surface area contributed by atoms with Gasteiger partial charge in [0.1, 0.15) is 0 Å². The molecule has 0 fully saturated rings. The van der Waals surface area contributed by atoms with Gasteiger partial charge < -0.3 is 10.5 Å². The Hall–Kier alpha value is -0.150. The van der Waals surface area contributed by atoms with Crippen LogP contribution in [0.25, 0.3) is 0 Å². The van der Waals surface area contributed by atoms with E-state index in [4.69, 9.17) is 22.7 Å². The Morgan fingerprint density at radius 2 is 2.08 bits per heavy atom. The van der Waals surface area contributed by atoms with Gasteiger partial charge >= 0.3 is 0 Å². The van der Waals surface area contributed by atoms with Crippen LogP contribution in [0.3, 0.4) is 0 Å². The molecule has 0 unspecified atom stereocenters. The molecule has 0 aromatic carbocycles. The van der Waals surface area contributed by atoms with Crippen LogP contribution in [-0.2, 0) is 4.74 Å². The van der Waals surface area contributed by atoms with Crippen molar-refractivity contribution in [1.29, 1.82) is 0 Å². The summed E-state index contributed by atoms with van der Waals surface area (Å²) < 4.78 is 5.22. The quantitative estimate of drug-likeness (QED) is 0.513. The van der Waals surface area contributed by atoms with Gasteiger partial charge in [-0.15, -0.1) is 0 Å². The molecule has 0 aromatic rings. The van der Waals surface area contributed by atoms with E-state index in [1.807, 2.05) is 6.92 Å². The van der Waals surface area contributed by atoms with Crippen molar-refractivity contribution >= 4 is 17.2 Å². The van der Waals surface area contributed by atoms with Crippen molar-refractivity contribution < 1.29 is 4.74 Å². The summed E-state index contributed by atoms with van der Waals surface area (Å²) in [6.07, 6.45) is 2.03. The van der Waals surface area contributed by atoms with E-state index >= 15 is 0 Å². The minimum absolute atomic E-state index is 0.0214. The summed E-state index contributed by atoms with van der Waals surface area (Å²) in [5.41, 5.74) is 5.55. The third kappa shape index (κ3) is 4.67. The number of thiocarbonyl (C=S) groups is 1. The van der Waals surface area contributed by atoms with E-state index in [9.17, 15) is 0 Å². The monoisotopic (exact) mass is 189 g/mol. The van der Waals surface area contributed by atoms with Crippen LogP contribution in [0.5, 0.6) is 0 Å². The van der Waals surface area contributed by atoms with Gasteiger partial charge in [-0.1, -0.05) is 26.1 Å². The van der Waals surface area contributed by atoms with E-state index in [2.05, 4.69) is 13.8 Å². The normalized spacial score (nSPS) is 11.6. The van der Waals surface area contributed by atoms with Crippen molar-refractivity contribution in [2.24, 2.45) is 11.1 Å². The van der Waals surface area contributed by atoms with Crippen molar-refractivity contribution in [3.05, 3.63) is 0 Å². The van der Waals surface area contributed by atoms with Crippen molar-refractivity contribution in [3.63, 3.8) is 0 Å². The molecule has 0 saturated heterocycles. The number of nitrogens with two attached hydrogens (primary N) is 1. The van der Waals surface area contributed by atoms with Gasteiger partial charge in [-0.05, 0) is 19.8 Å². The second kappa shape index (κ2) is 5.49. The first-order valence-electron chi connectivity index (χ1n) is 4.38. The molecule has 3 heteroatoms. The maximum Gasteiger partial charge on any atom is 0.0784 e. The van der Waals surface area contributed by atoms with Gasteiger partial charge in [0.15, 0.2) is 0 Å². The van der Waals surface area contributed by atoms with Crippen molar-refractivity contribution in [2.45, 2.75) is 33.6 Å². The summed E-state index contributed by atoms with van der Waals surface area (Å²) in [5, 5.41) is 0. The lowest BCUT2D eigenvalue weighted by molar-refractivity contribution is 0.138. The van der Waals surface area contributed by atoms with Crippen LogP contribution in [-0.4, -0.2) is 18.2 Å². The van der Waals surface area contributed by atoms with E-state index in [1.54, 1.807) is 0 Å². The molecule has 0 amide bonds. The molecule has 2 N–H and O–H groups in total. The summed E-state index contributed by atoms with van der Waals surface area (Å²) in [6.45, 7) is 7.73. The van der Waals surface area contributed by atoms with Gasteiger partial charge in [0.25, 0.3) is 0 Å². The second-order valence-electron chi connectivity index (χ2n) is 3.55. The Morgan fingerprint density at radius 1 is 1.50 bits per heavy atom. The molecule has 0 aromatic heterocycles. The topological polar surface area (TPSA) is 35.2 Å². The molecule has 12 heavy (non-hydrogen) atoms. The predicted octanol–water partition coefficient (Wildman–Crippen LogP) is 2.12. The van der Waals surface area contributed by atoms with E-state index < -0.39 is 0 Å². The largest absolute Gasteiger partial charge is 0.393 e. The van der Waals surface area contributed by atoms with Gasteiger partial charge in [0.05, 0.1) is 4.99 Å². The Kier molecular flexibility index (Phi) is 5.42. The summed E-state index contributed by atoms with van der Waals surface area (Å²) in [7, 11) is 0. The van der Waals surface area contributed by atoms with E-state index in [1.165, 1.54) is 0 Å². The Labute approximate surface area is 80.5 Å². The summed E-state index contributed by atoms with van der Waals surface area (Å²) in [6, 6.07) is 0. The molecule has 0 rings (SSSR count). The molecule has 0 radical (unpaired) electrons. The zero-order chi connectivity index (χ0) is 9.61. The molecule has 0 aliphatic rings. The van der Waals surface area contributed by atoms with Crippen LogP contribution in [0.15, 0.2) is 0 Å². The standard InChI is InChI=1S/C9H19NOS/c1-4-11-7-5-6-9(2,3)8(10)12/h4-7H2,1-3H3,(H2,10,12). The number of hydrogen-bond donors (Lipinski definition) is 1. The third-order valence-corrected chi connectivity index (χ3v) is 2.51. The number of ether oxygens (including phenoxy) is 1. The molecular formula is C9H19NOS. The van der Waals surface area contributed by atoms with E-state index in [0.29, 0.717) is 4.99 Å². The van der Waals surface area contributed by atoms with Crippen molar-refractivity contribution in [3.8, 4) is 0 Å². The van der Waals surface area contributed by atoms with E-state index in [0.717, 1.165) is 26.1 Å². The molecule has 0 aliphatic heterocycles. The van der Waals surface area contributed by atoms with Gasteiger partial charge in [-0.2, -0.15) is 0 Å². The zero-order valence-corrected chi connectivity index (χ0v) is 9.04. The Morgan fingerprint density at radius 3 is 2.50 bits per heavy atom. The predicted molar refractivity (Wildman–Crippen MR) is 56.3 cm³/mol. The van der Waals surface area contributed by atoms with Gasteiger partial charge in [0.2, 0.25) is 0 Å². The SMILES string of the molecule is CCOCCCC(C)(C)C(N)=S. The molecule has 0 aliphatic carbocycles. The minimum Gasteiger partial charge on any atom is -0.393 e. The van der Waals surface area contributed by atoms with Crippen LogP contribution in [0, 0.1) is 5.41 Å². The molecule has 0 atom stereocenters. The minimum atomic E-state index is -0.0214. The molecule has 0 spiro atoms. The first kappa shape index (κ1) is 11.8. The van der Waals surface area contributed by atoms with Crippen molar-refractivity contribution in [2.75, 3.05) is 13.2 Å². The Bertz CT molecular complexity index is 145. The van der Waals surface area contributed by atoms with Crippen molar-refractivity contribution in [1.82, 2.24) is 0 Å². The zero-order valence-electron chi connectivity index (χ0n) is 8.22. The summed E-state index contributed by atoms with van der Waals surface area (Å²) >= 11 is 4.95. The highest BCUT2D eigenvalue weighted by atomic mass is 32.1. The fourth-order valence-corrected chi connectivity index (χ4v) is 0.986. The summed E-state index contributed by atoms with van der Waals surface area (Å²) in [5.74, 6) is 0. The van der Waals surface area contributed by atoms with Gasteiger partial charge in [0, 0.05) is 18.6 Å². The fourth-order valence-electron chi connectivity index (χ4n) is 0.884. The molecule has 72 valence electrons. The van der Waals surface area contributed by atoms with Crippen LogP contribution in [0.1, 0.15) is 33.6 Å². The average molecular weight is 189 g/mol. The van der Waals surface area contributed by atoms with Crippen LogP contribution in [0.2, 0.25) is 0 Å². The lowest BCUT2D eigenvalue weighted by atomic mass is 9.88. The molecule has 2 nitrogen and oxygen atoms in total. The van der Waals surface area contributed by atoms with E-state index in [-0.39, 0.29) is 5.41 Å². The lowest BCUT2D eigenvalue weighted by Crippen LogP contribution is -2.29. The molecular weight excluding hydrogens is 170 g/mol. The molecule has 0 heterocycles. The number of rotatable bonds is 6. The van der Waals surface area contributed by atoms with Crippen LogP contribution < -0.4 is 5.73 Å². The van der Waals surface area contributed by atoms with Crippen LogP contribution >= 0.6 is 12.2 Å². The lowest BCUT2D eigenvalue weighted by Gasteiger charge is -2.22. The van der Waals surface area contributed by atoms with Gasteiger partial charge in [-0.25, -0.2) is 0 Å². The highest BCUT2D eigenvalue weighted by Gasteiger charge is 2.20. The summed E-state index contributed by atoms with van der Waals surface area (Å²) in [4.78, 5) is 0.596. The average Bonchev–Trinajstić information content (AvgIpc) is 1.98. The van der Waals surface area contributed by atoms with Crippen LogP contribution in [0.4, 0.5) is 0 Å². The van der Waals surface area contributed by atoms with Gasteiger partial charge in [-0.3, -0.25) is 0 Å². The maximum atomic E-state index is 5.58. The first-order chi connectivity index (χ1) is 5.50. The fraction of sp³-hybridized carbons (Fsp3) is 0.889. The highest BCUT2D eigenvalue weighted by Crippen LogP contribution is 2.22. The third-order valence-electron chi connectivity index (χ3n) is 1.96. The molecule has 0 saturated carbocycles. The molecule has 0 bridgehead atoms. The first-order valence-corrected chi connectivity index (χ1v) is 4.79. The number of hydrogen-bond acceptors (Lipinski definition) is 2. The maximum absolute atomic E-state index is 5.58.